The van der Waals surface area contributed by atoms with Crippen LogP contribution in [0, 0.1) is 0 Å². The second kappa shape index (κ2) is 5.98. The van der Waals surface area contributed by atoms with Crippen LogP contribution in [0.25, 0.3) is 0 Å². The Kier molecular flexibility index (Phi) is 3.76. The minimum absolute atomic E-state index is 0.167. The zero-order chi connectivity index (χ0) is 18.3. The van der Waals surface area contributed by atoms with Crippen LogP contribution in [-0.2, 0) is 12.6 Å². The Balaban J connectivity index is 1.68. The second-order valence-corrected chi connectivity index (χ2v) is 6.80. The number of hydrogen-bond donors (Lipinski definition) is 2. The molecule has 0 spiro atoms. The quantitative estimate of drug-likeness (QED) is 0.691. The number of nitrogens with zero attached hydrogens (tertiary/aromatic N) is 1. The van der Waals surface area contributed by atoms with Crippen molar-refractivity contribution in [3.05, 3.63) is 85.0 Å². The summed E-state index contributed by atoms with van der Waals surface area (Å²) in [5.41, 5.74) is 0.0799. The van der Waals surface area contributed by atoms with Crippen molar-refractivity contribution in [2.24, 2.45) is 7.05 Å². The van der Waals surface area contributed by atoms with Crippen molar-refractivity contribution in [3.63, 3.8) is 0 Å². The Morgan fingerprint density at radius 2 is 1.62 bits per heavy atom. The summed E-state index contributed by atoms with van der Waals surface area (Å²) in [7, 11) is 1.63. The number of rotatable bonds is 5. The standard InChI is InChI=1S/C20H19N3O3/c1-23-12-5-9-14(19(23)26)21-15-16(18(25)17(15)24)22-20(10-6-11-20)13-7-3-2-4-8-13/h2-5,7-9,12,21-22H,6,10-11H2,1H3. The van der Waals surface area contributed by atoms with Gasteiger partial charge in [0.1, 0.15) is 17.1 Å². The topological polar surface area (TPSA) is 80.2 Å². The van der Waals surface area contributed by atoms with Gasteiger partial charge in [-0.05, 0) is 37.0 Å². The Hall–Kier alpha value is -3.15. The Morgan fingerprint density at radius 1 is 0.923 bits per heavy atom. The molecule has 26 heavy (non-hydrogen) atoms. The van der Waals surface area contributed by atoms with Crippen molar-refractivity contribution in [1.29, 1.82) is 0 Å². The molecule has 0 bridgehead atoms. The van der Waals surface area contributed by atoms with Crippen LogP contribution < -0.4 is 27.1 Å². The largest absolute Gasteiger partial charge is 0.370 e. The molecule has 1 saturated carbocycles. The van der Waals surface area contributed by atoms with Gasteiger partial charge >= 0.3 is 0 Å². The molecule has 0 unspecified atom stereocenters. The van der Waals surface area contributed by atoms with Crippen LogP contribution in [0.2, 0.25) is 0 Å². The molecule has 132 valence electrons. The van der Waals surface area contributed by atoms with E-state index >= 15 is 0 Å². The molecule has 1 aliphatic carbocycles. The summed E-state index contributed by atoms with van der Waals surface area (Å²) >= 11 is 0. The van der Waals surface area contributed by atoms with Crippen molar-refractivity contribution in [3.8, 4) is 0 Å². The molecule has 2 aromatic carbocycles. The van der Waals surface area contributed by atoms with Gasteiger partial charge in [0.2, 0.25) is 0 Å². The lowest BCUT2D eigenvalue weighted by Crippen LogP contribution is -2.47. The number of anilines is 3. The van der Waals surface area contributed by atoms with E-state index in [0.717, 1.165) is 24.8 Å². The lowest BCUT2D eigenvalue weighted by Gasteiger charge is -2.44. The minimum Gasteiger partial charge on any atom is -0.370 e. The van der Waals surface area contributed by atoms with Gasteiger partial charge in [0, 0.05) is 13.2 Å². The molecule has 1 aromatic heterocycles. The Morgan fingerprint density at radius 3 is 2.27 bits per heavy atom. The SMILES string of the molecule is Cn1cccc(Nc2c(NC3(c4ccccc4)CCC3)c(=O)c2=O)c1=O. The van der Waals surface area contributed by atoms with E-state index in [-0.39, 0.29) is 28.2 Å². The van der Waals surface area contributed by atoms with Crippen molar-refractivity contribution < 1.29 is 0 Å². The predicted molar refractivity (Wildman–Crippen MR) is 102 cm³/mol. The van der Waals surface area contributed by atoms with Gasteiger partial charge < -0.3 is 15.2 Å². The third-order valence-corrected chi connectivity index (χ3v) is 5.19. The van der Waals surface area contributed by atoms with Crippen molar-refractivity contribution in [2.75, 3.05) is 10.6 Å². The van der Waals surface area contributed by atoms with Crippen LogP contribution in [0.3, 0.4) is 0 Å². The Bertz CT molecular complexity index is 1090. The smallest absolute Gasteiger partial charge is 0.273 e. The highest BCUT2D eigenvalue weighted by atomic mass is 16.2. The monoisotopic (exact) mass is 349 g/mol. The fourth-order valence-electron chi connectivity index (χ4n) is 3.47. The summed E-state index contributed by atoms with van der Waals surface area (Å²) in [6, 6.07) is 13.2. The first kappa shape index (κ1) is 16.3. The number of aromatic nitrogens is 1. The van der Waals surface area contributed by atoms with Crippen LogP contribution in [0.15, 0.2) is 63.0 Å². The summed E-state index contributed by atoms with van der Waals surface area (Å²) in [4.78, 5) is 36.4. The summed E-state index contributed by atoms with van der Waals surface area (Å²) in [6.07, 6.45) is 4.47. The average Bonchev–Trinajstić information content (AvgIpc) is 2.63. The van der Waals surface area contributed by atoms with Gasteiger partial charge in [0.25, 0.3) is 16.4 Å². The highest BCUT2D eigenvalue weighted by Gasteiger charge is 2.41. The first-order chi connectivity index (χ1) is 12.5. The molecule has 1 aliphatic rings. The highest BCUT2D eigenvalue weighted by Crippen LogP contribution is 2.44. The number of hydrogen-bond acceptors (Lipinski definition) is 5. The fraction of sp³-hybridized carbons (Fsp3) is 0.250. The lowest BCUT2D eigenvalue weighted by molar-refractivity contribution is 0.284. The summed E-state index contributed by atoms with van der Waals surface area (Å²) in [5, 5.41) is 6.16. The lowest BCUT2D eigenvalue weighted by atomic mass is 9.71. The van der Waals surface area contributed by atoms with Crippen LogP contribution >= 0.6 is 0 Å². The van der Waals surface area contributed by atoms with Crippen molar-refractivity contribution in [2.45, 2.75) is 24.8 Å². The second-order valence-electron chi connectivity index (χ2n) is 6.80. The van der Waals surface area contributed by atoms with E-state index in [9.17, 15) is 14.4 Å². The predicted octanol–water partition coefficient (Wildman–Crippen LogP) is 2.22. The summed E-state index contributed by atoms with van der Waals surface area (Å²) in [6.45, 7) is 0. The normalized spacial score (nSPS) is 15.4. The van der Waals surface area contributed by atoms with E-state index in [1.54, 1.807) is 25.4 Å². The van der Waals surface area contributed by atoms with Crippen LogP contribution in [-0.4, -0.2) is 4.57 Å². The molecule has 0 atom stereocenters. The van der Waals surface area contributed by atoms with Gasteiger partial charge in [-0.3, -0.25) is 14.4 Å². The van der Waals surface area contributed by atoms with Crippen LogP contribution in [0.1, 0.15) is 24.8 Å². The third kappa shape index (κ3) is 2.45. The molecule has 0 aliphatic heterocycles. The molecule has 6 heteroatoms. The van der Waals surface area contributed by atoms with E-state index in [0.29, 0.717) is 0 Å². The molecule has 3 aromatic rings. The van der Waals surface area contributed by atoms with Crippen molar-refractivity contribution >= 4 is 17.1 Å². The first-order valence-electron chi connectivity index (χ1n) is 8.61. The molecule has 0 amide bonds. The van der Waals surface area contributed by atoms with E-state index < -0.39 is 10.9 Å². The van der Waals surface area contributed by atoms with E-state index in [4.69, 9.17) is 0 Å². The van der Waals surface area contributed by atoms with Gasteiger partial charge in [-0.2, -0.15) is 0 Å². The average molecular weight is 349 g/mol. The number of aryl methyl sites for hydroxylation is 1. The van der Waals surface area contributed by atoms with E-state index in [2.05, 4.69) is 10.6 Å². The van der Waals surface area contributed by atoms with Gasteiger partial charge in [0.15, 0.2) is 0 Å². The summed E-state index contributed by atoms with van der Waals surface area (Å²) < 4.78 is 1.42. The van der Waals surface area contributed by atoms with Gasteiger partial charge in [0.05, 0.1) is 5.54 Å². The Labute approximate surface area is 149 Å². The van der Waals surface area contributed by atoms with Crippen LogP contribution in [0.5, 0.6) is 0 Å². The molecular formula is C20H19N3O3. The maximum Gasteiger partial charge on any atom is 0.273 e. The molecular weight excluding hydrogens is 330 g/mol. The maximum atomic E-state index is 12.2. The highest BCUT2D eigenvalue weighted by molar-refractivity contribution is 5.79. The molecule has 2 N–H and O–H groups in total. The van der Waals surface area contributed by atoms with Crippen molar-refractivity contribution in [1.82, 2.24) is 4.57 Å². The molecule has 1 heterocycles. The minimum atomic E-state index is -0.596. The molecule has 1 fully saturated rings. The third-order valence-electron chi connectivity index (χ3n) is 5.19. The van der Waals surface area contributed by atoms with Crippen LogP contribution in [0.4, 0.5) is 17.1 Å². The molecule has 0 saturated heterocycles. The van der Waals surface area contributed by atoms with Gasteiger partial charge in [-0.1, -0.05) is 30.3 Å². The number of benzene rings is 1. The molecule has 4 rings (SSSR count). The number of nitrogens with one attached hydrogen (secondary N) is 2. The van der Waals surface area contributed by atoms with Gasteiger partial charge in [-0.15, -0.1) is 0 Å². The zero-order valence-electron chi connectivity index (χ0n) is 14.4. The van der Waals surface area contributed by atoms with Gasteiger partial charge in [-0.25, -0.2) is 0 Å². The van der Waals surface area contributed by atoms with E-state index in [1.807, 2.05) is 30.3 Å². The fourth-order valence-corrected chi connectivity index (χ4v) is 3.47. The summed E-state index contributed by atoms with van der Waals surface area (Å²) in [5.74, 6) is 0. The molecule has 0 radical (unpaired) electrons. The zero-order valence-corrected chi connectivity index (χ0v) is 14.4. The maximum absolute atomic E-state index is 12.2. The molecule has 6 nitrogen and oxygen atoms in total. The number of pyridine rings is 1. The van der Waals surface area contributed by atoms with E-state index in [1.165, 1.54) is 4.57 Å². The first-order valence-corrected chi connectivity index (χ1v) is 8.61.